The normalized spacial score (nSPS) is 18.1. The molecule has 0 radical (unpaired) electrons. The Balaban J connectivity index is 1.40. The maximum absolute atomic E-state index is 12.5. The fourth-order valence-corrected chi connectivity index (χ4v) is 3.88. The fourth-order valence-electron chi connectivity index (χ4n) is 3.88. The highest BCUT2D eigenvalue weighted by Crippen LogP contribution is 2.27. The number of carbonyl (C=O) groups excluding carboxylic acids is 1. The van der Waals surface area contributed by atoms with Gasteiger partial charge in [-0.2, -0.15) is 0 Å². The molecule has 2 aromatic rings. The minimum atomic E-state index is 0.0201. The van der Waals surface area contributed by atoms with Gasteiger partial charge in [0.2, 0.25) is 0 Å². The van der Waals surface area contributed by atoms with E-state index >= 15 is 0 Å². The molecule has 0 unspecified atom stereocenters. The van der Waals surface area contributed by atoms with E-state index in [1.54, 1.807) is 0 Å². The molecule has 1 aliphatic heterocycles. The van der Waals surface area contributed by atoms with Crippen molar-refractivity contribution in [3.63, 3.8) is 0 Å². The predicted octanol–water partition coefficient (Wildman–Crippen LogP) is 3.57. The molecule has 2 aliphatic rings. The quantitative estimate of drug-likeness (QED) is 0.927. The molecule has 1 amide bonds. The molecule has 1 fully saturated rings. The summed E-state index contributed by atoms with van der Waals surface area (Å²) in [4.78, 5) is 15.1. The number of nitrogens with one attached hydrogen (secondary N) is 1. The topological polar surface area (TPSA) is 32.3 Å². The van der Waals surface area contributed by atoms with Crippen LogP contribution >= 0.6 is 0 Å². The standard InChI is InChI=1S/C22H26N2O/c25-22(23-16-17-5-2-1-3-6-17)20-10-9-18-11-13-24(21-7-4-8-21)14-12-19(18)15-20/h1-3,5-6,9-10,15,21H,4,7-8,11-14,16H2,(H,23,25). The average Bonchev–Trinajstić information content (AvgIpc) is 2.81. The summed E-state index contributed by atoms with van der Waals surface area (Å²) in [6, 6.07) is 17.1. The highest BCUT2D eigenvalue weighted by molar-refractivity contribution is 5.94. The fraction of sp³-hybridized carbons (Fsp3) is 0.409. The van der Waals surface area contributed by atoms with Crippen LogP contribution in [0, 0.1) is 0 Å². The van der Waals surface area contributed by atoms with E-state index in [0.29, 0.717) is 6.54 Å². The first-order valence-corrected chi connectivity index (χ1v) is 9.47. The lowest BCUT2D eigenvalue weighted by Gasteiger charge is -2.36. The van der Waals surface area contributed by atoms with E-state index in [1.807, 2.05) is 36.4 Å². The lowest BCUT2D eigenvalue weighted by Crippen LogP contribution is -2.41. The van der Waals surface area contributed by atoms with Crippen molar-refractivity contribution in [1.29, 1.82) is 0 Å². The van der Waals surface area contributed by atoms with Crippen LogP contribution in [0.1, 0.15) is 46.3 Å². The second-order valence-electron chi connectivity index (χ2n) is 7.27. The summed E-state index contributed by atoms with van der Waals surface area (Å²) >= 11 is 0. The lowest BCUT2D eigenvalue weighted by molar-refractivity contribution is 0.0951. The highest BCUT2D eigenvalue weighted by atomic mass is 16.1. The van der Waals surface area contributed by atoms with Gasteiger partial charge in [-0.1, -0.05) is 42.8 Å². The van der Waals surface area contributed by atoms with Crippen molar-refractivity contribution in [3.05, 3.63) is 70.8 Å². The maximum atomic E-state index is 12.5. The van der Waals surface area contributed by atoms with E-state index in [4.69, 9.17) is 0 Å². The third-order valence-corrected chi connectivity index (χ3v) is 5.69. The summed E-state index contributed by atoms with van der Waals surface area (Å²) < 4.78 is 0. The summed E-state index contributed by atoms with van der Waals surface area (Å²) in [5.41, 5.74) is 4.68. The molecule has 4 rings (SSSR count). The number of rotatable bonds is 4. The number of hydrogen-bond donors (Lipinski definition) is 1. The molecule has 25 heavy (non-hydrogen) atoms. The first-order chi connectivity index (χ1) is 12.3. The van der Waals surface area contributed by atoms with Crippen molar-refractivity contribution in [2.24, 2.45) is 0 Å². The molecule has 1 N–H and O–H groups in total. The van der Waals surface area contributed by atoms with Gasteiger partial charge in [0.05, 0.1) is 0 Å². The SMILES string of the molecule is O=C(NCc1ccccc1)c1ccc2c(c1)CCN(C1CCC1)CC2. The number of hydrogen-bond acceptors (Lipinski definition) is 2. The minimum Gasteiger partial charge on any atom is -0.348 e. The molecule has 3 nitrogen and oxygen atoms in total. The second kappa shape index (κ2) is 7.40. The van der Waals surface area contributed by atoms with Gasteiger partial charge in [-0.3, -0.25) is 9.69 Å². The van der Waals surface area contributed by atoms with Crippen LogP contribution in [0.2, 0.25) is 0 Å². The molecular weight excluding hydrogens is 308 g/mol. The molecule has 0 saturated heterocycles. The molecule has 0 atom stereocenters. The molecule has 1 aliphatic carbocycles. The molecule has 1 heterocycles. The Morgan fingerprint density at radius 1 is 1.00 bits per heavy atom. The number of nitrogens with zero attached hydrogens (tertiary/aromatic N) is 1. The molecular formula is C22H26N2O. The number of benzene rings is 2. The van der Waals surface area contributed by atoms with Gasteiger partial charge in [0, 0.05) is 31.2 Å². The van der Waals surface area contributed by atoms with Gasteiger partial charge >= 0.3 is 0 Å². The monoisotopic (exact) mass is 334 g/mol. The summed E-state index contributed by atoms with van der Waals surface area (Å²) in [6.45, 7) is 2.87. The van der Waals surface area contributed by atoms with Gasteiger partial charge in [0.1, 0.15) is 0 Å². The van der Waals surface area contributed by atoms with E-state index < -0.39 is 0 Å². The summed E-state index contributed by atoms with van der Waals surface area (Å²) in [6.07, 6.45) is 6.29. The van der Waals surface area contributed by atoms with Gasteiger partial charge in [0.15, 0.2) is 0 Å². The zero-order valence-electron chi connectivity index (χ0n) is 14.7. The van der Waals surface area contributed by atoms with Crippen molar-refractivity contribution in [2.45, 2.75) is 44.7 Å². The Hall–Kier alpha value is -2.13. The second-order valence-corrected chi connectivity index (χ2v) is 7.27. The van der Waals surface area contributed by atoms with Gasteiger partial charge in [-0.15, -0.1) is 0 Å². The first kappa shape index (κ1) is 16.3. The van der Waals surface area contributed by atoms with E-state index in [2.05, 4.69) is 22.3 Å². The summed E-state index contributed by atoms with van der Waals surface area (Å²) in [5.74, 6) is 0.0201. The van der Waals surface area contributed by atoms with E-state index in [1.165, 1.54) is 30.4 Å². The van der Waals surface area contributed by atoms with Crippen LogP contribution < -0.4 is 5.32 Å². The third kappa shape index (κ3) is 3.77. The minimum absolute atomic E-state index is 0.0201. The van der Waals surface area contributed by atoms with E-state index in [-0.39, 0.29) is 5.91 Å². The number of fused-ring (bicyclic) bond motifs is 1. The Morgan fingerprint density at radius 2 is 1.76 bits per heavy atom. The van der Waals surface area contributed by atoms with Gasteiger partial charge in [0.25, 0.3) is 5.91 Å². The van der Waals surface area contributed by atoms with Crippen molar-refractivity contribution < 1.29 is 4.79 Å². The molecule has 1 saturated carbocycles. The van der Waals surface area contributed by atoms with Crippen LogP contribution in [0.4, 0.5) is 0 Å². The molecule has 0 aromatic heterocycles. The van der Waals surface area contributed by atoms with Crippen LogP contribution in [-0.2, 0) is 19.4 Å². The van der Waals surface area contributed by atoms with Gasteiger partial charge in [-0.25, -0.2) is 0 Å². The Bertz CT molecular complexity index is 737. The third-order valence-electron chi connectivity index (χ3n) is 5.69. The first-order valence-electron chi connectivity index (χ1n) is 9.47. The van der Waals surface area contributed by atoms with Crippen LogP contribution in [-0.4, -0.2) is 29.9 Å². The highest BCUT2D eigenvalue weighted by Gasteiger charge is 2.26. The number of amides is 1. The Kier molecular flexibility index (Phi) is 4.84. The van der Waals surface area contributed by atoms with Gasteiger partial charge < -0.3 is 5.32 Å². The summed E-state index contributed by atoms with van der Waals surface area (Å²) in [7, 11) is 0. The van der Waals surface area contributed by atoms with Crippen LogP contribution in [0.25, 0.3) is 0 Å². The smallest absolute Gasteiger partial charge is 0.251 e. The summed E-state index contributed by atoms with van der Waals surface area (Å²) in [5, 5.41) is 3.03. The number of carbonyl (C=O) groups is 1. The zero-order valence-corrected chi connectivity index (χ0v) is 14.7. The van der Waals surface area contributed by atoms with Crippen molar-refractivity contribution >= 4 is 5.91 Å². The van der Waals surface area contributed by atoms with Crippen LogP contribution in [0.5, 0.6) is 0 Å². The molecule has 2 aromatic carbocycles. The Morgan fingerprint density at radius 3 is 2.48 bits per heavy atom. The Labute approximate surface area is 150 Å². The van der Waals surface area contributed by atoms with Crippen molar-refractivity contribution in [2.75, 3.05) is 13.1 Å². The maximum Gasteiger partial charge on any atom is 0.251 e. The van der Waals surface area contributed by atoms with Crippen molar-refractivity contribution in [1.82, 2.24) is 10.2 Å². The van der Waals surface area contributed by atoms with Crippen LogP contribution in [0.3, 0.4) is 0 Å². The van der Waals surface area contributed by atoms with Crippen molar-refractivity contribution in [3.8, 4) is 0 Å². The van der Waals surface area contributed by atoms with E-state index in [9.17, 15) is 4.79 Å². The molecule has 3 heteroatoms. The van der Waals surface area contributed by atoms with E-state index in [0.717, 1.165) is 43.1 Å². The lowest BCUT2D eigenvalue weighted by atomic mass is 9.91. The average molecular weight is 334 g/mol. The molecule has 0 spiro atoms. The largest absolute Gasteiger partial charge is 0.348 e. The van der Waals surface area contributed by atoms with Crippen LogP contribution in [0.15, 0.2) is 48.5 Å². The van der Waals surface area contributed by atoms with Gasteiger partial charge in [-0.05, 0) is 54.5 Å². The zero-order chi connectivity index (χ0) is 17.1. The molecule has 0 bridgehead atoms. The molecule has 130 valence electrons. The predicted molar refractivity (Wildman–Crippen MR) is 101 cm³/mol.